The van der Waals surface area contributed by atoms with Crippen LogP contribution in [0.5, 0.6) is 0 Å². The SMILES string of the molecule is Cc1ccc([C@@H](NS(=O)(=O)c2ccc(C)cc2)c2ccc(-c3ccccc3)cc2)cc1. The first-order valence-corrected chi connectivity index (χ1v) is 11.7. The second kappa shape index (κ2) is 8.88. The van der Waals surface area contributed by atoms with Gasteiger partial charge in [-0.15, -0.1) is 0 Å². The van der Waals surface area contributed by atoms with E-state index in [1.54, 1.807) is 12.1 Å². The van der Waals surface area contributed by atoms with E-state index in [1.165, 1.54) is 0 Å². The van der Waals surface area contributed by atoms with Crippen molar-refractivity contribution in [2.75, 3.05) is 0 Å². The number of benzene rings is 4. The Morgan fingerprint density at radius 1 is 0.581 bits per heavy atom. The third kappa shape index (κ3) is 4.93. The molecule has 4 heteroatoms. The van der Waals surface area contributed by atoms with E-state index in [9.17, 15) is 8.42 Å². The number of nitrogens with one attached hydrogen (secondary N) is 1. The lowest BCUT2D eigenvalue weighted by atomic mass is 9.96. The van der Waals surface area contributed by atoms with Gasteiger partial charge in [0.15, 0.2) is 0 Å². The summed E-state index contributed by atoms with van der Waals surface area (Å²) in [7, 11) is -3.69. The summed E-state index contributed by atoms with van der Waals surface area (Å²) in [6.07, 6.45) is 0. The van der Waals surface area contributed by atoms with E-state index in [4.69, 9.17) is 0 Å². The molecular formula is C27H25NO2S. The van der Waals surface area contributed by atoms with Crippen LogP contribution in [-0.2, 0) is 10.0 Å². The molecule has 4 aromatic carbocycles. The average Bonchev–Trinajstić information content (AvgIpc) is 2.79. The zero-order valence-corrected chi connectivity index (χ0v) is 18.4. The molecule has 156 valence electrons. The third-order valence-electron chi connectivity index (χ3n) is 5.37. The van der Waals surface area contributed by atoms with Crippen LogP contribution in [-0.4, -0.2) is 8.42 Å². The van der Waals surface area contributed by atoms with Crippen molar-refractivity contribution in [2.45, 2.75) is 24.8 Å². The summed E-state index contributed by atoms with van der Waals surface area (Å²) in [6.45, 7) is 3.96. The number of aryl methyl sites for hydroxylation is 2. The topological polar surface area (TPSA) is 46.2 Å². The lowest BCUT2D eigenvalue weighted by Gasteiger charge is -2.21. The summed E-state index contributed by atoms with van der Waals surface area (Å²) in [5.41, 5.74) is 6.15. The molecular weight excluding hydrogens is 402 g/mol. The molecule has 0 spiro atoms. The van der Waals surface area contributed by atoms with Gasteiger partial charge in [0.25, 0.3) is 0 Å². The molecule has 0 bridgehead atoms. The Hall–Kier alpha value is -3.21. The lowest BCUT2D eigenvalue weighted by Crippen LogP contribution is -2.29. The van der Waals surface area contributed by atoms with Crippen molar-refractivity contribution in [3.05, 3.63) is 125 Å². The third-order valence-corrected chi connectivity index (χ3v) is 6.80. The first-order chi connectivity index (χ1) is 14.9. The summed E-state index contributed by atoms with van der Waals surface area (Å²) in [5, 5.41) is 0. The molecule has 0 aliphatic heterocycles. The van der Waals surface area contributed by atoms with Gasteiger partial charge in [-0.25, -0.2) is 8.42 Å². The van der Waals surface area contributed by atoms with Crippen LogP contribution >= 0.6 is 0 Å². The lowest BCUT2D eigenvalue weighted by molar-refractivity contribution is 0.572. The fraction of sp³-hybridized carbons (Fsp3) is 0.111. The second-order valence-corrected chi connectivity index (χ2v) is 9.48. The van der Waals surface area contributed by atoms with E-state index in [2.05, 4.69) is 16.9 Å². The minimum atomic E-state index is -3.69. The maximum absolute atomic E-state index is 13.1. The van der Waals surface area contributed by atoms with Gasteiger partial charge in [-0.2, -0.15) is 4.72 Å². The summed E-state index contributed by atoms with van der Waals surface area (Å²) in [6, 6.07) is 32.5. The summed E-state index contributed by atoms with van der Waals surface area (Å²) < 4.78 is 29.2. The van der Waals surface area contributed by atoms with Gasteiger partial charge in [0.1, 0.15) is 0 Å². The Bertz CT molecular complexity index is 1250. The maximum Gasteiger partial charge on any atom is 0.241 e. The average molecular weight is 428 g/mol. The van der Waals surface area contributed by atoms with Crippen LogP contribution < -0.4 is 4.72 Å². The first-order valence-electron chi connectivity index (χ1n) is 10.2. The van der Waals surface area contributed by atoms with Crippen LogP contribution in [0.1, 0.15) is 28.3 Å². The maximum atomic E-state index is 13.1. The molecule has 0 aliphatic carbocycles. The van der Waals surface area contributed by atoms with Gasteiger partial charge in [-0.1, -0.05) is 102 Å². The molecule has 0 fully saturated rings. The van der Waals surface area contributed by atoms with Crippen molar-refractivity contribution in [3.63, 3.8) is 0 Å². The van der Waals surface area contributed by atoms with Crippen LogP contribution in [0.15, 0.2) is 108 Å². The smallest absolute Gasteiger partial charge is 0.207 e. The molecule has 0 aliphatic rings. The molecule has 0 amide bonds. The monoisotopic (exact) mass is 427 g/mol. The highest BCUT2D eigenvalue weighted by Gasteiger charge is 2.23. The Morgan fingerprint density at radius 2 is 1.03 bits per heavy atom. The Balaban J connectivity index is 1.71. The van der Waals surface area contributed by atoms with Crippen molar-refractivity contribution < 1.29 is 8.42 Å². The summed E-state index contributed by atoms with van der Waals surface area (Å²) >= 11 is 0. The van der Waals surface area contributed by atoms with Crippen molar-refractivity contribution in [1.29, 1.82) is 0 Å². The van der Waals surface area contributed by atoms with Gasteiger partial charge in [0.2, 0.25) is 10.0 Å². The fourth-order valence-electron chi connectivity index (χ4n) is 3.53. The van der Waals surface area contributed by atoms with Crippen LogP contribution in [0.4, 0.5) is 0 Å². The quantitative estimate of drug-likeness (QED) is 0.408. The largest absolute Gasteiger partial charge is 0.241 e. The molecule has 4 rings (SSSR count). The predicted octanol–water partition coefficient (Wildman–Crippen LogP) is 6.04. The van der Waals surface area contributed by atoms with Crippen LogP contribution in [0.3, 0.4) is 0 Å². The van der Waals surface area contributed by atoms with Crippen molar-refractivity contribution >= 4 is 10.0 Å². The number of hydrogen-bond acceptors (Lipinski definition) is 2. The molecule has 31 heavy (non-hydrogen) atoms. The van der Waals surface area contributed by atoms with E-state index in [0.29, 0.717) is 0 Å². The number of rotatable bonds is 6. The van der Waals surface area contributed by atoms with Gasteiger partial charge in [-0.3, -0.25) is 0 Å². The highest BCUT2D eigenvalue weighted by atomic mass is 32.2. The molecule has 1 N–H and O–H groups in total. The highest BCUT2D eigenvalue weighted by molar-refractivity contribution is 7.89. The van der Waals surface area contributed by atoms with Gasteiger partial charge in [0.05, 0.1) is 10.9 Å². The van der Waals surface area contributed by atoms with E-state index in [-0.39, 0.29) is 4.90 Å². The Labute approximate surface area is 184 Å². The highest BCUT2D eigenvalue weighted by Crippen LogP contribution is 2.28. The van der Waals surface area contributed by atoms with Crippen LogP contribution in [0.25, 0.3) is 11.1 Å². The minimum absolute atomic E-state index is 0.260. The molecule has 0 saturated carbocycles. The van der Waals surface area contributed by atoms with Crippen molar-refractivity contribution in [1.82, 2.24) is 4.72 Å². The standard InChI is InChI=1S/C27H25NO2S/c1-20-8-12-24(13-9-20)27(28-31(29,30)26-18-10-21(2)11-19-26)25-16-14-23(15-17-25)22-6-4-3-5-7-22/h3-19,27-28H,1-2H3/t27-/m1/s1. The summed E-state index contributed by atoms with van der Waals surface area (Å²) in [5.74, 6) is 0. The van der Waals surface area contributed by atoms with Gasteiger partial charge in [-0.05, 0) is 48.2 Å². The molecule has 0 aromatic heterocycles. The molecule has 0 unspecified atom stereocenters. The zero-order valence-electron chi connectivity index (χ0n) is 17.6. The molecule has 3 nitrogen and oxygen atoms in total. The number of hydrogen-bond donors (Lipinski definition) is 1. The van der Waals surface area contributed by atoms with Crippen molar-refractivity contribution in [3.8, 4) is 11.1 Å². The molecule has 0 radical (unpaired) electrons. The molecule has 1 atom stereocenters. The predicted molar refractivity (Wildman–Crippen MR) is 126 cm³/mol. The molecule has 0 saturated heterocycles. The molecule has 0 heterocycles. The first kappa shape index (κ1) is 21.0. The van der Waals surface area contributed by atoms with E-state index >= 15 is 0 Å². The van der Waals surface area contributed by atoms with Gasteiger partial charge < -0.3 is 0 Å². The van der Waals surface area contributed by atoms with Crippen molar-refractivity contribution in [2.24, 2.45) is 0 Å². The summed E-state index contributed by atoms with van der Waals surface area (Å²) in [4.78, 5) is 0.260. The van der Waals surface area contributed by atoms with Gasteiger partial charge in [0, 0.05) is 0 Å². The Morgan fingerprint density at radius 3 is 1.58 bits per heavy atom. The zero-order chi connectivity index (χ0) is 21.8. The normalized spacial score (nSPS) is 12.5. The van der Waals surface area contributed by atoms with Crippen LogP contribution in [0.2, 0.25) is 0 Å². The van der Waals surface area contributed by atoms with E-state index in [0.717, 1.165) is 33.4 Å². The van der Waals surface area contributed by atoms with E-state index in [1.807, 2.05) is 92.7 Å². The van der Waals surface area contributed by atoms with Gasteiger partial charge >= 0.3 is 0 Å². The minimum Gasteiger partial charge on any atom is -0.207 e. The Kier molecular flexibility index (Phi) is 6.03. The molecule has 4 aromatic rings. The second-order valence-electron chi connectivity index (χ2n) is 7.77. The fourth-order valence-corrected chi connectivity index (χ4v) is 4.74. The van der Waals surface area contributed by atoms with E-state index < -0.39 is 16.1 Å². The number of sulfonamides is 1. The van der Waals surface area contributed by atoms with Crippen LogP contribution in [0, 0.1) is 13.8 Å².